The van der Waals surface area contributed by atoms with Gasteiger partial charge in [-0.15, -0.1) is 0 Å². The van der Waals surface area contributed by atoms with Gasteiger partial charge in [0, 0.05) is 5.56 Å². The van der Waals surface area contributed by atoms with E-state index in [2.05, 4.69) is 4.74 Å². The molecule has 0 bridgehead atoms. The third-order valence-electron chi connectivity index (χ3n) is 2.28. The molecule has 0 aromatic heterocycles. The Kier molecular flexibility index (Phi) is 3.19. The number of halogens is 1. The molecule has 0 fully saturated rings. The highest BCUT2D eigenvalue weighted by Gasteiger charge is 2.38. The average molecular weight is 210 g/mol. The Balaban J connectivity index is 3.29. The number of rotatable bonds is 3. The Bertz CT molecular complexity index is 389. The van der Waals surface area contributed by atoms with Crippen molar-refractivity contribution >= 4 is 12.3 Å². The molecule has 0 aliphatic heterocycles. The van der Waals surface area contributed by atoms with E-state index in [0.29, 0.717) is 6.29 Å². The Morgan fingerprint density at radius 1 is 1.47 bits per heavy atom. The number of carbonyl (C=O) groups is 2. The van der Waals surface area contributed by atoms with E-state index in [1.807, 2.05) is 0 Å². The van der Waals surface area contributed by atoms with Crippen molar-refractivity contribution in [3.05, 3.63) is 35.6 Å². The molecule has 0 saturated carbocycles. The van der Waals surface area contributed by atoms with Crippen molar-refractivity contribution < 1.29 is 18.7 Å². The second-order valence-electron chi connectivity index (χ2n) is 3.29. The first-order chi connectivity index (χ1) is 7.06. The van der Waals surface area contributed by atoms with Gasteiger partial charge in [-0.2, -0.15) is 0 Å². The van der Waals surface area contributed by atoms with Crippen LogP contribution < -0.4 is 0 Å². The molecule has 15 heavy (non-hydrogen) atoms. The zero-order valence-electron chi connectivity index (χ0n) is 8.49. The fraction of sp³-hybridized carbons (Fsp3) is 0.273. The third kappa shape index (κ3) is 1.88. The van der Waals surface area contributed by atoms with E-state index >= 15 is 0 Å². The van der Waals surface area contributed by atoms with Crippen molar-refractivity contribution in [1.82, 2.24) is 0 Å². The molecular formula is C11H11FO3. The van der Waals surface area contributed by atoms with Gasteiger partial charge in [0.15, 0.2) is 0 Å². The van der Waals surface area contributed by atoms with Gasteiger partial charge in [0.1, 0.15) is 17.5 Å². The minimum atomic E-state index is -1.58. The van der Waals surface area contributed by atoms with Crippen LogP contribution in [0.15, 0.2) is 24.3 Å². The van der Waals surface area contributed by atoms with Crippen molar-refractivity contribution in [2.75, 3.05) is 7.11 Å². The lowest BCUT2D eigenvalue weighted by Crippen LogP contribution is -2.36. The fourth-order valence-corrected chi connectivity index (χ4v) is 1.32. The minimum absolute atomic E-state index is 0.0202. The summed E-state index contributed by atoms with van der Waals surface area (Å²) in [6.07, 6.45) is 0.386. The smallest absolute Gasteiger partial charge is 0.323 e. The molecule has 0 spiro atoms. The van der Waals surface area contributed by atoms with Crippen LogP contribution in [-0.2, 0) is 19.7 Å². The predicted molar refractivity (Wildman–Crippen MR) is 51.8 cm³/mol. The zero-order chi connectivity index (χ0) is 11.5. The number of hydrogen-bond donors (Lipinski definition) is 0. The van der Waals surface area contributed by atoms with Gasteiger partial charge in [-0.1, -0.05) is 18.2 Å². The van der Waals surface area contributed by atoms with Crippen LogP contribution in [0.4, 0.5) is 4.39 Å². The van der Waals surface area contributed by atoms with Crippen molar-refractivity contribution in [3.63, 3.8) is 0 Å². The maximum Gasteiger partial charge on any atom is 0.323 e. The van der Waals surface area contributed by atoms with Gasteiger partial charge in [0.25, 0.3) is 0 Å². The van der Waals surface area contributed by atoms with E-state index in [9.17, 15) is 14.0 Å². The molecule has 3 nitrogen and oxygen atoms in total. The molecule has 0 N–H and O–H groups in total. The number of esters is 1. The lowest BCUT2D eigenvalue weighted by Gasteiger charge is -2.20. The number of benzene rings is 1. The number of aldehydes is 1. The zero-order valence-corrected chi connectivity index (χ0v) is 8.49. The van der Waals surface area contributed by atoms with Crippen molar-refractivity contribution in [2.45, 2.75) is 12.3 Å². The summed E-state index contributed by atoms with van der Waals surface area (Å²) in [5.74, 6) is -1.37. The summed E-state index contributed by atoms with van der Waals surface area (Å²) >= 11 is 0. The predicted octanol–water partition coefficient (Wildman–Crippen LogP) is 1.46. The van der Waals surface area contributed by atoms with Crippen LogP contribution in [0.5, 0.6) is 0 Å². The molecule has 1 aromatic rings. The molecule has 0 saturated heterocycles. The minimum Gasteiger partial charge on any atom is -0.468 e. The summed E-state index contributed by atoms with van der Waals surface area (Å²) in [5, 5.41) is 0. The summed E-state index contributed by atoms with van der Waals surface area (Å²) < 4.78 is 17.9. The molecule has 0 aliphatic carbocycles. The monoisotopic (exact) mass is 210 g/mol. The Hall–Kier alpha value is -1.71. The molecule has 1 rings (SSSR count). The SMILES string of the molecule is COC(=O)C(C)(C=O)c1ccccc1F. The lowest BCUT2D eigenvalue weighted by atomic mass is 9.84. The highest BCUT2D eigenvalue weighted by atomic mass is 19.1. The van der Waals surface area contributed by atoms with Crippen LogP contribution in [-0.4, -0.2) is 19.4 Å². The molecular weight excluding hydrogens is 199 g/mol. The van der Waals surface area contributed by atoms with E-state index < -0.39 is 17.2 Å². The summed E-state index contributed by atoms with van der Waals surface area (Å²) in [7, 11) is 1.16. The van der Waals surface area contributed by atoms with E-state index in [1.165, 1.54) is 25.1 Å². The summed E-state index contributed by atoms with van der Waals surface area (Å²) in [5.41, 5.74) is -1.56. The topological polar surface area (TPSA) is 43.4 Å². The van der Waals surface area contributed by atoms with E-state index in [0.717, 1.165) is 7.11 Å². The molecule has 4 heteroatoms. The van der Waals surface area contributed by atoms with Gasteiger partial charge in [0.05, 0.1) is 7.11 Å². The fourth-order valence-electron chi connectivity index (χ4n) is 1.32. The van der Waals surface area contributed by atoms with E-state index in [1.54, 1.807) is 6.07 Å². The van der Waals surface area contributed by atoms with Crippen molar-refractivity contribution in [2.24, 2.45) is 0 Å². The van der Waals surface area contributed by atoms with Gasteiger partial charge in [0.2, 0.25) is 0 Å². The number of hydrogen-bond acceptors (Lipinski definition) is 3. The van der Waals surface area contributed by atoms with Crippen LogP contribution in [0.25, 0.3) is 0 Å². The Morgan fingerprint density at radius 2 is 2.07 bits per heavy atom. The standard InChI is InChI=1S/C11H11FO3/c1-11(7-13,10(14)15-2)8-5-3-4-6-9(8)12/h3-7H,1-2H3. The summed E-state index contributed by atoms with van der Waals surface area (Å²) in [6, 6.07) is 5.63. The maximum absolute atomic E-state index is 13.4. The van der Waals surface area contributed by atoms with Gasteiger partial charge >= 0.3 is 5.97 Å². The number of methoxy groups -OCH3 is 1. The second-order valence-corrected chi connectivity index (χ2v) is 3.29. The molecule has 1 atom stereocenters. The first-order valence-electron chi connectivity index (χ1n) is 4.36. The number of carbonyl (C=O) groups excluding carboxylic acids is 2. The Morgan fingerprint density at radius 3 is 2.53 bits per heavy atom. The van der Waals surface area contributed by atoms with Crippen LogP contribution in [0, 0.1) is 5.82 Å². The molecule has 1 unspecified atom stereocenters. The average Bonchev–Trinajstić information content (AvgIpc) is 2.27. The van der Waals surface area contributed by atoms with Crippen LogP contribution in [0.1, 0.15) is 12.5 Å². The van der Waals surface area contributed by atoms with Crippen LogP contribution in [0.3, 0.4) is 0 Å². The highest BCUT2D eigenvalue weighted by Crippen LogP contribution is 2.25. The summed E-state index contributed by atoms with van der Waals surface area (Å²) in [6.45, 7) is 1.32. The molecule has 0 aliphatic rings. The van der Waals surface area contributed by atoms with Crippen molar-refractivity contribution in [3.8, 4) is 0 Å². The summed E-state index contributed by atoms with van der Waals surface area (Å²) in [4.78, 5) is 22.3. The Labute approximate surface area is 86.9 Å². The van der Waals surface area contributed by atoms with Crippen LogP contribution in [0.2, 0.25) is 0 Å². The molecule has 80 valence electrons. The first-order valence-corrected chi connectivity index (χ1v) is 4.36. The van der Waals surface area contributed by atoms with Gasteiger partial charge in [-0.05, 0) is 13.0 Å². The quantitative estimate of drug-likeness (QED) is 0.431. The largest absolute Gasteiger partial charge is 0.468 e. The second kappa shape index (κ2) is 4.21. The van der Waals surface area contributed by atoms with Crippen molar-refractivity contribution in [1.29, 1.82) is 0 Å². The number of ether oxygens (including phenoxy) is 1. The normalized spacial score (nSPS) is 14.1. The maximum atomic E-state index is 13.4. The van der Waals surface area contributed by atoms with Gasteiger partial charge in [-0.3, -0.25) is 4.79 Å². The van der Waals surface area contributed by atoms with Gasteiger partial charge < -0.3 is 9.53 Å². The lowest BCUT2D eigenvalue weighted by molar-refractivity contribution is -0.148. The van der Waals surface area contributed by atoms with Crippen LogP contribution >= 0.6 is 0 Å². The molecule has 1 aromatic carbocycles. The molecule has 0 radical (unpaired) electrons. The van der Waals surface area contributed by atoms with Gasteiger partial charge in [-0.25, -0.2) is 4.39 Å². The van der Waals surface area contributed by atoms with E-state index in [4.69, 9.17) is 0 Å². The molecule has 0 heterocycles. The third-order valence-corrected chi connectivity index (χ3v) is 2.28. The molecule has 0 amide bonds. The van der Waals surface area contributed by atoms with E-state index in [-0.39, 0.29) is 5.56 Å². The highest BCUT2D eigenvalue weighted by molar-refractivity contribution is 5.99. The first kappa shape index (κ1) is 11.4.